The lowest BCUT2D eigenvalue weighted by Gasteiger charge is -2.60. The van der Waals surface area contributed by atoms with Crippen molar-refractivity contribution in [3.63, 3.8) is 0 Å². The van der Waals surface area contributed by atoms with Crippen molar-refractivity contribution in [1.29, 1.82) is 0 Å². The van der Waals surface area contributed by atoms with Gasteiger partial charge in [0.15, 0.2) is 5.78 Å². The molecule has 3 heteroatoms. The largest absolute Gasteiger partial charge is 0.356 e. The number of Topliss-reactive ketones (excluding diaryl/α,β-unsaturated/α-hetero) is 1. The molecule has 0 unspecified atom stereocenters. The molecule has 0 bridgehead atoms. The van der Waals surface area contributed by atoms with Gasteiger partial charge in [-0.2, -0.15) is 0 Å². The highest BCUT2D eigenvalue weighted by Crippen LogP contribution is 2.74. The SMILES string of the molecule is CC[C@H](CC[C@@H](C)[C@H]1CC[C@H]2[C@@H]3C[C@H](Cl)[C@]45O[C@H]4C(=O)CC[C@]5(C)[C@H]3CC[C@]12C)C(C)C. The Morgan fingerprint density at radius 3 is 2.50 bits per heavy atom. The zero-order chi connectivity index (χ0) is 23.1. The molecule has 1 aliphatic heterocycles. The first kappa shape index (κ1) is 23.7. The standard InChI is InChI=1S/C29H47ClO2/c1-7-19(17(2)3)9-8-18(4)21-10-11-22-20-16-25(30)29-26(32-29)24(31)13-15-28(29,6)23(20)12-14-27(21,22)5/h17-23,25-26H,7-16H2,1-6H3/t18-,19-,20+,21-,22+,23+,25+,26+,27-,28-,29+/m1/s1. The minimum absolute atomic E-state index is 0.0122. The molecular weight excluding hydrogens is 416 g/mol. The Bertz CT molecular complexity index is 749. The number of hydrogen-bond acceptors (Lipinski definition) is 2. The van der Waals surface area contributed by atoms with E-state index in [1.807, 2.05) is 0 Å². The van der Waals surface area contributed by atoms with Crippen molar-refractivity contribution in [2.24, 2.45) is 52.3 Å². The Labute approximate surface area is 202 Å². The van der Waals surface area contributed by atoms with Gasteiger partial charge in [-0.1, -0.05) is 54.4 Å². The van der Waals surface area contributed by atoms with Crippen molar-refractivity contribution in [1.82, 2.24) is 0 Å². The van der Waals surface area contributed by atoms with Crippen LogP contribution in [0.5, 0.6) is 0 Å². The molecule has 1 saturated heterocycles. The van der Waals surface area contributed by atoms with Gasteiger partial charge >= 0.3 is 0 Å². The third kappa shape index (κ3) is 3.09. The quantitative estimate of drug-likeness (QED) is 0.299. The summed E-state index contributed by atoms with van der Waals surface area (Å²) in [6.45, 7) is 14.8. The molecule has 5 fully saturated rings. The van der Waals surface area contributed by atoms with Gasteiger partial charge in [-0.25, -0.2) is 0 Å². The molecule has 4 saturated carbocycles. The van der Waals surface area contributed by atoms with E-state index < -0.39 is 0 Å². The van der Waals surface area contributed by atoms with Crippen LogP contribution in [-0.4, -0.2) is 22.9 Å². The van der Waals surface area contributed by atoms with Crippen molar-refractivity contribution in [2.45, 2.75) is 123 Å². The summed E-state index contributed by atoms with van der Waals surface area (Å²) in [5.74, 6) is 5.92. The fourth-order valence-electron chi connectivity index (χ4n) is 10.2. The minimum Gasteiger partial charge on any atom is -0.356 e. The highest BCUT2D eigenvalue weighted by atomic mass is 35.5. The summed E-state index contributed by atoms with van der Waals surface area (Å²) in [5, 5.41) is 0.0122. The van der Waals surface area contributed by atoms with Crippen LogP contribution >= 0.6 is 11.6 Å². The molecule has 5 rings (SSSR count). The summed E-state index contributed by atoms with van der Waals surface area (Å²) < 4.78 is 6.24. The normalized spacial score (nSPS) is 51.4. The van der Waals surface area contributed by atoms with Gasteiger partial charge in [0.1, 0.15) is 11.7 Å². The molecule has 5 aliphatic rings. The lowest BCUT2D eigenvalue weighted by atomic mass is 9.44. The second-order valence-corrected chi connectivity index (χ2v) is 14.0. The molecule has 4 aliphatic carbocycles. The lowest BCUT2D eigenvalue weighted by Crippen LogP contribution is -2.62. The zero-order valence-corrected chi connectivity index (χ0v) is 22.2. The lowest BCUT2D eigenvalue weighted by molar-refractivity contribution is -0.131. The molecule has 0 radical (unpaired) electrons. The maximum absolute atomic E-state index is 12.5. The summed E-state index contributed by atoms with van der Waals surface area (Å²) in [6.07, 6.45) is 12.2. The number of fused-ring (bicyclic) bond motifs is 4. The molecule has 0 aromatic rings. The Kier molecular flexibility index (Phi) is 5.89. The van der Waals surface area contributed by atoms with Gasteiger partial charge in [0.05, 0.1) is 5.38 Å². The van der Waals surface area contributed by atoms with Crippen LogP contribution in [0.4, 0.5) is 0 Å². The van der Waals surface area contributed by atoms with Crippen LogP contribution in [0.25, 0.3) is 0 Å². The molecule has 0 aromatic carbocycles. The van der Waals surface area contributed by atoms with Crippen molar-refractivity contribution >= 4 is 17.4 Å². The van der Waals surface area contributed by atoms with E-state index in [-0.39, 0.29) is 22.5 Å². The van der Waals surface area contributed by atoms with E-state index in [1.54, 1.807) is 0 Å². The molecule has 32 heavy (non-hydrogen) atoms. The second-order valence-electron chi connectivity index (χ2n) is 13.5. The smallest absolute Gasteiger partial charge is 0.164 e. The van der Waals surface area contributed by atoms with Gasteiger partial charge < -0.3 is 4.74 Å². The molecule has 11 atom stereocenters. The maximum atomic E-state index is 12.5. The maximum Gasteiger partial charge on any atom is 0.164 e. The van der Waals surface area contributed by atoms with Crippen LogP contribution in [-0.2, 0) is 9.53 Å². The Hall–Kier alpha value is -0.0800. The van der Waals surface area contributed by atoms with Crippen LogP contribution in [0.1, 0.15) is 106 Å². The first-order valence-corrected chi connectivity index (χ1v) is 14.4. The summed E-state index contributed by atoms with van der Waals surface area (Å²) >= 11 is 7.14. The van der Waals surface area contributed by atoms with E-state index in [4.69, 9.17) is 16.3 Å². The third-order valence-corrected chi connectivity index (χ3v) is 12.6. The number of hydrogen-bond donors (Lipinski definition) is 0. The molecule has 182 valence electrons. The Morgan fingerprint density at radius 1 is 1.06 bits per heavy atom. The Balaban J connectivity index is 1.33. The predicted molar refractivity (Wildman–Crippen MR) is 132 cm³/mol. The van der Waals surface area contributed by atoms with Crippen LogP contribution in [0.2, 0.25) is 0 Å². The van der Waals surface area contributed by atoms with E-state index in [2.05, 4.69) is 41.5 Å². The van der Waals surface area contributed by atoms with Gasteiger partial charge in [-0.3, -0.25) is 4.79 Å². The van der Waals surface area contributed by atoms with Gasteiger partial charge in [0, 0.05) is 11.8 Å². The highest BCUT2D eigenvalue weighted by molar-refractivity contribution is 6.22. The van der Waals surface area contributed by atoms with Crippen LogP contribution in [0, 0.1) is 52.3 Å². The van der Waals surface area contributed by atoms with E-state index in [1.165, 1.54) is 44.9 Å². The van der Waals surface area contributed by atoms with Gasteiger partial charge in [0.2, 0.25) is 0 Å². The van der Waals surface area contributed by atoms with Gasteiger partial charge in [0.25, 0.3) is 0 Å². The van der Waals surface area contributed by atoms with Crippen molar-refractivity contribution in [2.75, 3.05) is 0 Å². The molecule has 1 heterocycles. The van der Waals surface area contributed by atoms with Gasteiger partial charge in [-0.15, -0.1) is 11.6 Å². The van der Waals surface area contributed by atoms with Crippen LogP contribution < -0.4 is 0 Å². The molecule has 0 aromatic heterocycles. The van der Waals surface area contributed by atoms with E-state index in [0.717, 1.165) is 48.3 Å². The second kappa shape index (κ2) is 7.97. The first-order valence-electron chi connectivity index (χ1n) is 13.9. The number of ketones is 1. The van der Waals surface area contributed by atoms with E-state index in [9.17, 15) is 4.79 Å². The highest BCUT2D eigenvalue weighted by Gasteiger charge is 2.79. The number of ether oxygens (including phenoxy) is 1. The number of carbonyl (C=O) groups is 1. The molecule has 1 spiro atoms. The van der Waals surface area contributed by atoms with Crippen LogP contribution in [0.3, 0.4) is 0 Å². The summed E-state index contributed by atoms with van der Waals surface area (Å²) in [4.78, 5) is 12.5. The molecule has 0 amide bonds. The number of rotatable bonds is 6. The number of epoxide rings is 1. The minimum atomic E-state index is -0.337. The number of carbonyl (C=O) groups excluding carboxylic acids is 1. The molecular formula is C29H47ClO2. The zero-order valence-electron chi connectivity index (χ0n) is 21.5. The van der Waals surface area contributed by atoms with E-state index >= 15 is 0 Å². The Morgan fingerprint density at radius 2 is 1.81 bits per heavy atom. The molecule has 0 N–H and O–H groups in total. The fraction of sp³-hybridized carbons (Fsp3) is 0.966. The summed E-state index contributed by atoms with van der Waals surface area (Å²) in [7, 11) is 0. The topological polar surface area (TPSA) is 29.6 Å². The van der Waals surface area contributed by atoms with E-state index in [0.29, 0.717) is 23.5 Å². The third-order valence-electron chi connectivity index (χ3n) is 12.1. The first-order chi connectivity index (χ1) is 15.1. The average molecular weight is 463 g/mol. The number of halogens is 1. The van der Waals surface area contributed by atoms with Crippen molar-refractivity contribution in [3.8, 4) is 0 Å². The summed E-state index contributed by atoms with van der Waals surface area (Å²) in [5.41, 5.74) is 0.236. The van der Waals surface area contributed by atoms with Crippen molar-refractivity contribution in [3.05, 3.63) is 0 Å². The molecule has 2 nitrogen and oxygen atoms in total. The van der Waals surface area contributed by atoms with Gasteiger partial charge in [-0.05, 0) is 91.8 Å². The van der Waals surface area contributed by atoms with Crippen LogP contribution in [0.15, 0.2) is 0 Å². The van der Waals surface area contributed by atoms with Crippen molar-refractivity contribution < 1.29 is 9.53 Å². The number of alkyl halides is 1. The summed E-state index contributed by atoms with van der Waals surface area (Å²) in [6, 6.07) is 0. The fourth-order valence-corrected chi connectivity index (χ4v) is 10.8. The average Bonchev–Trinajstić information content (AvgIpc) is 3.42. The monoisotopic (exact) mass is 462 g/mol. The predicted octanol–water partition coefficient (Wildman–Crippen LogP) is 7.66.